The van der Waals surface area contributed by atoms with Crippen LogP contribution >= 0.6 is 11.3 Å². The van der Waals surface area contributed by atoms with Gasteiger partial charge >= 0.3 is 0 Å². The number of rotatable bonds is 4. The van der Waals surface area contributed by atoms with Crippen LogP contribution in [0.1, 0.15) is 72.0 Å². The lowest BCUT2D eigenvalue weighted by molar-refractivity contribution is -0.128. The molecular weight excluding hydrogens is 334 g/mol. The average molecular weight is 364 g/mol. The molecule has 1 aromatic heterocycles. The number of amides is 2. The highest BCUT2D eigenvalue weighted by Crippen LogP contribution is 2.28. The summed E-state index contributed by atoms with van der Waals surface area (Å²) >= 11 is 1.58. The van der Waals surface area contributed by atoms with E-state index in [1.54, 1.807) is 11.3 Å². The van der Waals surface area contributed by atoms with E-state index in [0.717, 1.165) is 51.6 Å². The molecule has 2 heterocycles. The van der Waals surface area contributed by atoms with Crippen LogP contribution in [0.15, 0.2) is 6.07 Å². The fourth-order valence-electron chi connectivity index (χ4n) is 3.89. The normalized spacial score (nSPS) is 21.2. The molecular formula is C19H29N3O2S. The van der Waals surface area contributed by atoms with E-state index in [0.29, 0.717) is 4.88 Å². The van der Waals surface area contributed by atoms with Crippen LogP contribution in [-0.4, -0.2) is 35.8 Å². The zero-order valence-electron chi connectivity index (χ0n) is 15.1. The molecule has 0 bridgehead atoms. The Balaban J connectivity index is 1.55. The lowest BCUT2D eigenvalue weighted by Gasteiger charge is -2.34. The maximum absolute atomic E-state index is 12.5. The third-order valence-corrected chi connectivity index (χ3v) is 6.43. The Morgan fingerprint density at radius 3 is 2.84 bits per heavy atom. The van der Waals surface area contributed by atoms with Gasteiger partial charge in [-0.3, -0.25) is 25.3 Å². The van der Waals surface area contributed by atoms with Gasteiger partial charge in [0, 0.05) is 4.88 Å². The van der Waals surface area contributed by atoms with Crippen molar-refractivity contribution < 1.29 is 9.59 Å². The Morgan fingerprint density at radius 2 is 2.00 bits per heavy atom. The lowest BCUT2D eigenvalue weighted by atomic mass is 10.0. The van der Waals surface area contributed by atoms with Crippen LogP contribution in [0.2, 0.25) is 0 Å². The molecule has 2 N–H and O–H groups in total. The van der Waals surface area contributed by atoms with E-state index in [2.05, 4.69) is 22.7 Å². The summed E-state index contributed by atoms with van der Waals surface area (Å²) in [5.74, 6) is -0.274. The Labute approximate surface area is 154 Å². The third-order valence-electron chi connectivity index (χ3n) is 5.20. The first kappa shape index (κ1) is 18.4. The Bertz CT molecular complexity index is 588. The molecule has 25 heavy (non-hydrogen) atoms. The Kier molecular flexibility index (Phi) is 6.48. The number of piperidine rings is 1. The average Bonchev–Trinajstić information content (AvgIpc) is 2.91. The van der Waals surface area contributed by atoms with E-state index in [-0.39, 0.29) is 17.9 Å². The molecule has 1 aliphatic heterocycles. The highest BCUT2D eigenvalue weighted by Gasteiger charge is 2.28. The second kappa shape index (κ2) is 8.81. The topological polar surface area (TPSA) is 61.4 Å². The first-order chi connectivity index (χ1) is 12.2. The van der Waals surface area contributed by atoms with Crippen LogP contribution < -0.4 is 10.9 Å². The van der Waals surface area contributed by atoms with Crippen molar-refractivity contribution in [3.8, 4) is 0 Å². The fourth-order valence-corrected chi connectivity index (χ4v) is 5.03. The van der Waals surface area contributed by atoms with Crippen molar-refractivity contribution in [2.75, 3.05) is 13.1 Å². The van der Waals surface area contributed by atoms with Crippen molar-refractivity contribution >= 4 is 23.2 Å². The molecule has 1 aliphatic carbocycles. The van der Waals surface area contributed by atoms with E-state index >= 15 is 0 Å². The fraction of sp³-hybridized carbons (Fsp3) is 0.684. The number of fused-ring (bicyclic) bond motifs is 1. The molecule has 5 nitrogen and oxygen atoms in total. The molecule has 0 aromatic carbocycles. The van der Waals surface area contributed by atoms with Gasteiger partial charge in [-0.2, -0.15) is 0 Å². The van der Waals surface area contributed by atoms with Gasteiger partial charge < -0.3 is 0 Å². The van der Waals surface area contributed by atoms with Gasteiger partial charge in [-0.15, -0.1) is 11.3 Å². The van der Waals surface area contributed by atoms with Gasteiger partial charge in [0.1, 0.15) is 0 Å². The minimum Gasteiger partial charge on any atom is -0.292 e. The summed E-state index contributed by atoms with van der Waals surface area (Å²) < 4.78 is 0. The second-order valence-corrected chi connectivity index (χ2v) is 8.25. The molecule has 1 atom stereocenters. The van der Waals surface area contributed by atoms with Gasteiger partial charge in [0.2, 0.25) is 0 Å². The lowest BCUT2D eigenvalue weighted by Crippen LogP contribution is -2.54. The van der Waals surface area contributed by atoms with Gasteiger partial charge in [0.15, 0.2) is 0 Å². The quantitative estimate of drug-likeness (QED) is 0.638. The zero-order chi connectivity index (χ0) is 17.6. The molecule has 138 valence electrons. The van der Waals surface area contributed by atoms with Gasteiger partial charge in [-0.1, -0.05) is 19.8 Å². The molecule has 6 heteroatoms. The van der Waals surface area contributed by atoms with Crippen molar-refractivity contribution in [3.05, 3.63) is 21.4 Å². The number of likely N-dealkylation sites (tertiary alicyclic amines) is 1. The number of hydrogen-bond acceptors (Lipinski definition) is 4. The monoisotopic (exact) mass is 363 g/mol. The van der Waals surface area contributed by atoms with Crippen molar-refractivity contribution in [1.82, 2.24) is 15.8 Å². The first-order valence-electron chi connectivity index (χ1n) is 9.65. The summed E-state index contributed by atoms with van der Waals surface area (Å²) in [7, 11) is 0. The van der Waals surface area contributed by atoms with Crippen LogP contribution in [0.4, 0.5) is 0 Å². The maximum atomic E-state index is 12.5. The molecule has 2 aliphatic rings. The van der Waals surface area contributed by atoms with Crippen molar-refractivity contribution in [2.45, 2.75) is 70.8 Å². The first-order valence-corrected chi connectivity index (χ1v) is 10.5. The number of carbonyl (C=O) groups is 2. The van der Waals surface area contributed by atoms with E-state index < -0.39 is 0 Å². The number of hydrogen-bond donors (Lipinski definition) is 2. The number of nitrogens with zero attached hydrogens (tertiary/aromatic N) is 1. The smallest absolute Gasteiger partial charge is 0.279 e. The summed E-state index contributed by atoms with van der Waals surface area (Å²) in [4.78, 5) is 29.2. The molecule has 3 rings (SSSR count). The summed E-state index contributed by atoms with van der Waals surface area (Å²) in [5, 5.41) is 0. The largest absolute Gasteiger partial charge is 0.292 e. The van der Waals surface area contributed by atoms with Crippen molar-refractivity contribution in [3.63, 3.8) is 0 Å². The minimum atomic E-state index is -0.190. The number of nitrogens with one attached hydrogen (secondary N) is 2. The minimum absolute atomic E-state index is 0.0837. The molecule has 0 saturated carbocycles. The van der Waals surface area contributed by atoms with Gasteiger partial charge in [0.25, 0.3) is 11.8 Å². The summed E-state index contributed by atoms with van der Waals surface area (Å²) in [6.45, 7) is 4.04. The number of thiophene rings is 1. The van der Waals surface area contributed by atoms with E-state index in [1.807, 2.05) is 6.07 Å². The Morgan fingerprint density at radius 1 is 1.16 bits per heavy atom. The van der Waals surface area contributed by atoms with Crippen LogP contribution in [0.5, 0.6) is 0 Å². The summed E-state index contributed by atoms with van der Waals surface area (Å²) in [5.41, 5.74) is 6.61. The molecule has 0 radical (unpaired) electrons. The standard InChI is InChI=1S/C19H29N3O2S/c1-2-11-22-12-7-6-9-15(22)18(23)20-21-19(24)17-13-14-8-4-3-5-10-16(14)25-17/h13,15H,2-12H2,1H3,(H,20,23)(H,21,24). The van der Waals surface area contributed by atoms with E-state index in [4.69, 9.17) is 0 Å². The summed E-state index contributed by atoms with van der Waals surface area (Å²) in [6.07, 6.45) is 9.96. The number of hydrazine groups is 1. The van der Waals surface area contributed by atoms with Crippen LogP contribution in [0, 0.1) is 0 Å². The van der Waals surface area contributed by atoms with Gasteiger partial charge in [-0.05, 0) is 69.7 Å². The van der Waals surface area contributed by atoms with Crippen molar-refractivity contribution in [2.24, 2.45) is 0 Å². The predicted molar refractivity (Wildman–Crippen MR) is 101 cm³/mol. The van der Waals surface area contributed by atoms with Gasteiger partial charge in [0.05, 0.1) is 10.9 Å². The second-order valence-electron chi connectivity index (χ2n) is 7.11. The Hall–Kier alpha value is -1.40. The highest BCUT2D eigenvalue weighted by atomic mass is 32.1. The molecule has 1 aromatic rings. The van der Waals surface area contributed by atoms with Crippen LogP contribution in [0.25, 0.3) is 0 Å². The SMILES string of the molecule is CCCN1CCCCC1C(=O)NNC(=O)c1cc2c(s1)CCCCC2. The van der Waals surface area contributed by atoms with Crippen LogP contribution in [0.3, 0.4) is 0 Å². The van der Waals surface area contributed by atoms with Crippen molar-refractivity contribution in [1.29, 1.82) is 0 Å². The third kappa shape index (κ3) is 4.61. The molecule has 1 saturated heterocycles. The highest BCUT2D eigenvalue weighted by molar-refractivity contribution is 7.14. The zero-order valence-corrected chi connectivity index (χ0v) is 15.9. The van der Waals surface area contributed by atoms with E-state index in [1.165, 1.54) is 29.7 Å². The number of carbonyl (C=O) groups excluding carboxylic acids is 2. The maximum Gasteiger partial charge on any atom is 0.279 e. The molecule has 1 unspecified atom stereocenters. The predicted octanol–water partition coefficient (Wildman–Crippen LogP) is 3.04. The van der Waals surface area contributed by atoms with Gasteiger partial charge in [-0.25, -0.2) is 0 Å². The van der Waals surface area contributed by atoms with E-state index in [9.17, 15) is 9.59 Å². The molecule has 0 spiro atoms. The molecule has 1 fully saturated rings. The van der Waals surface area contributed by atoms with Crippen LogP contribution in [-0.2, 0) is 17.6 Å². The molecule has 2 amide bonds. The summed E-state index contributed by atoms with van der Waals surface area (Å²) in [6, 6.07) is 1.89. The number of aryl methyl sites for hydroxylation is 2.